The van der Waals surface area contributed by atoms with Crippen molar-refractivity contribution in [2.45, 2.75) is 6.42 Å². The molecule has 1 aromatic rings. The van der Waals surface area contributed by atoms with Gasteiger partial charge in [0.25, 0.3) is 0 Å². The van der Waals surface area contributed by atoms with Crippen molar-refractivity contribution >= 4 is 30.1 Å². The lowest BCUT2D eigenvalue weighted by molar-refractivity contribution is -0.870. The molecule has 1 aromatic carbocycles. The number of carbonyl (C=O) groups excluding carboxylic acids is 1. The number of phenolic OH excluding ortho intramolecular Hbond substituents is 1. The molecule has 110 valence electrons. The van der Waals surface area contributed by atoms with Crippen LogP contribution in [-0.4, -0.2) is 50.4 Å². The highest BCUT2D eigenvalue weighted by molar-refractivity contribution is 14.0. The van der Waals surface area contributed by atoms with Gasteiger partial charge in [-0.25, -0.2) is 0 Å². The van der Waals surface area contributed by atoms with E-state index < -0.39 is 6.09 Å². The van der Waals surface area contributed by atoms with E-state index in [4.69, 9.17) is 9.90 Å². The predicted molar refractivity (Wildman–Crippen MR) is 84.6 cm³/mol. The van der Waals surface area contributed by atoms with Gasteiger partial charge in [0.05, 0.1) is 27.7 Å². The summed E-state index contributed by atoms with van der Waals surface area (Å²) >= 11 is 0. The number of carbonyl (C=O) groups is 1. The van der Waals surface area contributed by atoms with Crippen LogP contribution in [0.2, 0.25) is 0 Å². The zero-order valence-corrected chi connectivity index (χ0v) is 14.2. The van der Waals surface area contributed by atoms with Crippen LogP contribution in [0.25, 0.3) is 0 Å². The Kier molecular flexibility index (Phi) is 10.5. The number of hydrogen-bond donors (Lipinski definition) is 2. The number of quaternary nitrogens is 1. The molecule has 0 aliphatic carbocycles. The Hall–Kier alpha value is -1.02. The average molecular weight is 382 g/mol. The molecule has 0 aliphatic heterocycles. The van der Waals surface area contributed by atoms with Crippen LogP contribution >= 0.6 is 24.0 Å². The van der Waals surface area contributed by atoms with Crippen molar-refractivity contribution in [2.24, 2.45) is 0 Å². The molecular weight excluding hydrogens is 359 g/mol. The first-order chi connectivity index (χ1) is 8.24. The summed E-state index contributed by atoms with van der Waals surface area (Å²) in [7, 11) is 7.80. The van der Waals surface area contributed by atoms with E-state index in [1.54, 1.807) is 6.07 Å². The number of amides is 1. The molecule has 19 heavy (non-hydrogen) atoms. The summed E-state index contributed by atoms with van der Waals surface area (Å²) in [5.41, 5.74) is 1.20. The summed E-state index contributed by atoms with van der Waals surface area (Å²) < 4.78 is 0.954. The van der Waals surface area contributed by atoms with Crippen molar-refractivity contribution in [3.63, 3.8) is 0 Å². The van der Waals surface area contributed by atoms with Crippen molar-refractivity contribution < 1.29 is 19.5 Å². The van der Waals surface area contributed by atoms with Crippen LogP contribution in [0.1, 0.15) is 5.56 Å². The Balaban J connectivity index is 0. The van der Waals surface area contributed by atoms with E-state index in [0.29, 0.717) is 5.75 Å². The molecule has 1 amide bonds. The molecule has 1 rings (SSSR count). The van der Waals surface area contributed by atoms with E-state index in [9.17, 15) is 5.11 Å². The van der Waals surface area contributed by atoms with Crippen LogP contribution in [-0.2, 0) is 6.42 Å². The summed E-state index contributed by atoms with van der Waals surface area (Å²) in [4.78, 5) is 9.15. The zero-order chi connectivity index (χ0) is 14.2. The molecule has 0 unspecified atom stereocenters. The van der Waals surface area contributed by atoms with Crippen LogP contribution < -0.4 is 10.4 Å². The number of likely N-dealkylation sites (N-methyl/N-ethyl adjacent to an activating group) is 1. The Labute approximate surface area is 131 Å². The van der Waals surface area contributed by atoms with Crippen LogP contribution in [0.15, 0.2) is 24.3 Å². The topological polar surface area (TPSA) is 72.4 Å². The van der Waals surface area contributed by atoms with Crippen LogP contribution in [0.5, 0.6) is 5.75 Å². The predicted octanol–water partition coefficient (Wildman–Crippen LogP) is 0.808. The summed E-state index contributed by atoms with van der Waals surface area (Å²) in [6, 6.07) is 7.47. The lowest BCUT2D eigenvalue weighted by Gasteiger charge is -2.23. The first kappa shape index (κ1) is 20.3. The fourth-order valence-electron chi connectivity index (χ4n) is 1.18. The van der Waals surface area contributed by atoms with E-state index in [1.807, 2.05) is 17.4 Å². The second-order valence-electron chi connectivity index (χ2n) is 4.97. The molecule has 0 spiro atoms. The highest BCUT2D eigenvalue weighted by Gasteiger charge is 2.06. The van der Waals surface area contributed by atoms with Crippen molar-refractivity contribution in [3.05, 3.63) is 29.8 Å². The summed E-state index contributed by atoms with van der Waals surface area (Å²) in [6.07, 6.45) is -0.234. The maximum Gasteiger partial charge on any atom is 0.133 e. The molecule has 0 radical (unpaired) electrons. The van der Waals surface area contributed by atoms with Gasteiger partial charge in [0.15, 0.2) is 0 Å². The molecule has 0 aromatic heterocycles. The monoisotopic (exact) mass is 382 g/mol. The number of hydrogen-bond acceptors (Lipinski definition) is 3. The number of nitrogens with one attached hydrogen (secondary N) is 1. The Morgan fingerprint density at radius 2 is 1.89 bits per heavy atom. The second kappa shape index (κ2) is 9.85. The van der Waals surface area contributed by atoms with Gasteiger partial charge in [0.2, 0.25) is 0 Å². The van der Waals surface area contributed by atoms with Crippen molar-refractivity contribution in [1.29, 1.82) is 0 Å². The minimum absolute atomic E-state index is 0. The van der Waals surface area contributed by atoms with E-state index in [1.165, 1.54) is 12.6 Å². The molecule has 0 saturated carbocycles. The van der Waals surface area contributed by atoms with Crippen molar-refractivity contribution in [3.8, 4) is 5.75 Å². The third-order valence-corrected chi connectivity index (χ3v) is 2.19. The summed E-state index contributed by atoms with van der Waals surface area (Å²) in [6.45, 7) is 1.09. The van der Waals surface area contributed by atoms with Crippen LogP contribution in [0.4, 0.5) is 4.79 Å². The second-order valence-corrected chi connectivity index (χ2v) is 4.97. The molecule has 0 aliphatic rings. The number of rotatable bonds is 3. The van der Waals surface area contributed by atoms with Gasteiger partial charge < -0.3 is 24.8 Å². The molecule has 0 fully saturated rings. The van der Waals surface area contributed by atoms with Gasteiger partial charge in [-0.15, -0.1) is 24.0 Å². The quantitative estimate of drug-likeness (QED) is 0.601. The highest BCUT2D eigenvalue weighted by atomic mass is 127. The molecule has 5 nitrogen and oxygen atoms in total. The van der Waals surface area contributed by atoms with Crippen molar-refractivity contribution in [2.75, 3.05) is 34.7 Å². The van der Waals surface area contributed by atoms with Gasteiger partial charge >= 0.3 is 0 Å². The van der Waals surface area contributed by atoms with Crippen LogP contribution in [0, 0.1) is 0 Å². The fraction of sp³-hybridized carbons (Fsp3) is 0.462. The smallest absolute Gasteiger partial charge is 0.133 e. The number of carboxylic acid groups (broad SMARTS) is 1. The van der Waals surface area contributed by atoms with E-state index in [0.717, 1.165) is 17.4 Å². The van der Waals surface area contributed by atoms with Crippen LogP contribution in [0.3, 0.4) is 0 Å². The maximum atomic E-state index is 9.24. The Bertz CT molecular complexity index is 378. The molecular formula is C13H23IN2O3. The third-order valence-electron chi connectivity index (χ3n) is 2.19. The SMILES string of the molecule is CNC(=O)[O-].C[N+](C)(C)CCc1cccc(O)c1.I. The Morgan fingerprint density at radius 3 is 2.26 bits per heavy atom. The largest absolute Gasteiger partial charge is 0.530 e. The molecule has 0 bridgehead atoms. The fourth-order valence-corrected chi connectivity index (χ4v) is 1.18. The van der Waals surface area contributed by atoms with Gasteiger partial charge in [-0.1, -0.05) is 12.1 Å². The first-order valence-corrected chi connectivity index (χ1v) is 5.71. The first-order valence-electron chi connectivity index (χ1n) is 5.71. The lowest BCUT2D eigenvalue weighted by atomic mass is 10.1. The zero-order valence-electron chi connectivity index (χ0n) is 11.8. The lowest BCUT2D eigenvalue weighted by Crippen LogP contribution is -2.36. The number of phenols is 1. The number of aromatic hydroxyl groups is 1. The molecule has 0 atom stereocenters. The van der Waals surface area contributed by atoms with E-state index in [-0.39, 0.29) is 24.0 Å². The average Bonchev–Trinajstić information content (AvgIpc) is 2.26. The van der Waals surface area contributed by atoms with Crippen molar-refractivity contribution in [1.82, 2.24) is 5.32 Å². The third kappa shape index (κ3) is 13.2. The van der Waals surface area contributed by atoms with Gasteiger partial charge in [0, 0.05) is 13.5 Å². The molecule has 6 heteroatoms. The van der Waals surface area contributed by atoms with E-state index in [2.05, 4.69) is 27.2 Å². The van der Waals surface area contributed by atoms with Gasteiger partial charge in [-0.2, -0.15) is 0 Å². The number of benzene rings is 1. The maximum absolute atomic E-state index is 9.24. The number of halogens is 1. The number of nitrogens with zero attached hydrogens (tertiary/aromatic N) is 1. The minimum Gasteiger partial charge on any atom is -0.530 e. The molecule has 0 heterocycles. The normalized spacial score (nSPS) is 9.68. The molecule has 2 N–H and O–H groups in total. The minimum atomic E-state index is -1.25. The van der Waals surface area contributed by atoms with Gasteiger partial charge in [-0.3, -0.25) is 0 Å². The molecule has 0 saturated heterocycles. The van der Waals surface area contributed by atoms with E-state index >= 15 is 0 Å². The summed E-state index contributed by atoms with van der Waals surface area (Å²) in [5.74, 6) is 0.360. The summed E-state index contributed by atoms with van der Waals surface area (Å²) in [5, 5.41) is 20.2. The standard InChI is InChI=1S/C11H17NO.C2H5NO2.HI/c1-12(2,3)8-7-10-5-4-6-11(13)9-10;1-3-2(4)5;/h4-6,9H,7-8H2,1-3H3;3H,1H3,(H,4,5);1H. The van der Waals surface area contributed by atoms with Gasteiger partial charge in [-0.05, 0) is 17.7 Å². The Morgan fingerprint density at radius 1 is 1.37 bits per heavy atom. The van der Waals surface area contributed by atoms with Gasteiger partial charge in [0.1, 0.15) is 11.8 Å². The highest BCUT2D eigenvalue weighted by Crippen LogP contribution is 2.11.